The van der Waals surface area contributed by atoms with E-state index in [-0.39, 0.29) is 23.8 Å². The fraction of sp³-hybridized carbons (Fsp3) is 0.562. The maximum Gasteiger partial charge on any atom is 0.223 e. The van der Waals surface area contributed by atoms with Gasteiger partial charge in [-0.3, -0.25) is 4.79 Å². The summed E-state index contributed by atoms with van der Waals surface area (Å²) in [4.78, 5) is 12.0. The highest BCUT2D eigenvalue weighted by Gasteiger charge is 2.42. The zero-order valence-corrected chi connectivity index (χ0v) is 11.8. The molecule has 1 saturated carbocycles. The molecule has 1 aliphatic rings. The van der Waals surface area contributed by atoms with Gasteiger partial charge in [0.2, 0.25) is 5.91 Å². The summed E-state index contributed by atoms with van der Waals surface area (Å²) in [5, 5.41) is 12.2. The third kappa shape index (κ3) is 3.80. The summed E-state index contributed by atoms with van der Waals surface area (Å²) in [5.74, 6) is 0.0532. The van der Waals surface area contributed by atoms with Gasteiger partial charge in [-0.25, -0.2) is 0 Å². The molecule has 0 aromatic heterocycles. The minimum atomic E-state index is -0.0304. The number of rotatable bonds is 6. The van der Waals surface area contributed by atoms with E-state index in [1.54, 1.807) is 0 Å². The summed E-state index contributed by atoms with van der Waals surface area (Å²) in [5.41, 5.74) is 2.41. The number of hydrogen-bond acceptors (Lipinski definition) is 2. The molecule has 1 unspecified atom stereocenters. The van der Waals surface area contributed by atoms with E-state index >= 15 is 0 Å². The van der Waals surface area contributed by atoms with Crippen molar-refractivity contribution in [2.75, 3.05) is 13.2 Å². The topological polar surface area (TPSA) is 49.3 Å². The molecule has 19 heavy (non-hydrogen) atoms. The van der Waals surface area contributed by atoms with Crippen LogP contribution >= 0.6 is 0 Å². The molecule has 3 heteroatoms. The lowest BCUT2D eigenvalue weighted by molar-refractivity contribution is -0.124. The number of nitrogens with one attached hydrogen (secondary N) is 1. The highest BCUT2D eigenvalue weighted by atomic mass is 16.3. The molecule has 0 heterocycles. The molecule has 1 aromatic rings. The average Bonchev–Trinajstić information content (AvgIpc) is 3.19. The van der Waals surface area contributed by atoms with Crippen molar-refractivity contribution >= 4 is 5.91 Å². The van der Waals surface area contributed by atoms with Crippen LogP contribution in [-0.4, -0.2) is 24.2 Å². The molecule has 0 saturated heterocycles. The van der Waals surface area contributed by atoms with Crippen LogP contribution < -0.4 is 5.32 Å². The minimum Gasteiger partial charge on any atom is -0.396 e. The highest BCUT2D eigenvalue weighted by Crippen LogP contribution is 2.44. The minimum absolute atomic E-state index is 0.0146. The Hall–Kier alpha value is -1.35. The average molecular weight is 261 g/mol. The van der Waals surface area contributed by atoms with Crippen molar-refractivity contribution < 1.29 is 9.90 Å². The molecule has 2 N–H and O–H groups in total. The summed E-state index contributed by atoms with van der Waals surface area (Å²) >= 11 is 0. The van der Waals surface area contributed by atoms with Crippen LogP contribution in [0.2, 0.25) is 0 Å². The van der Waals surface area contributed by atoms with Crippen LogP contribution in [0.3, 0.4) is 0 Å². The fourth-order valence-corrected chi connectivity index (χ4v) is 2.19. The van der Waals surface area contributed by atoms with E-state index in [2.05, 4.69) is 36.5 Å². The Labute approximate surface area is 115 Å². The Bertz CT molecular complexity index is 435. The van der Waals surface area contributed by atoms with Gasteiger partial charge in [-0.15, -0.1) is 0 Å². The van der Waals surface area contributed by atoms with Gasteiger partial charge in [0.25, 0.3) is 0 Å². The first-order valence-electron chi connectivity index (χ1n) is 6.99. The fourth-order valence-electron chi connectivity index (χ4n) is 2.19. The van der Waals surface area contributed by atoms with Gasteiger partial charge in [-0.1, -0.05) is 36.8 Å². The van der Waals surface area contributed by atoms with Crippen LogP contribution in [0.15, 0.2) is 24.3 Å². The Morgan fingerprint density at radius 2 is 2.00 bits per heavy atom. The first-order valence-corrected chi connectivity index (χ1v) is 6.99. The molecule has 0 spiro atoms. The zero-order chi connectivity index (χ0) is 13.9. The maximum atomic E-state index is 12.0. The SMILES string of the molecule is Cc1ccc(CC(C)C(=O)NCC2(CO)CC2)cc1. The van der Waals surface area contributed by atoms with E-state index in [0.717, 1.165) is 19.3 Å². The maximum absolute atomic E-state index is 12.0. The summed E-state index contributed by atoms with van der Waals surface area (Å²) in [7, 11) is 0. The van der Waals surface area contributed by atoms with Gasteiger partial charge in [0, 0.05) is 17.9 Å². The largest absolute Gasteiger partial charge is 0.396 e. The Morgan fingerprint density at radius 1 is 1.37 bits per heavy atom. The number of carbonyl (C=O) groups is 1. The summed E-state index contributed by atoms with van der Waals surface area (Å²) in [6, 6.07) is 8.31. The number of benzene rings is 1. The van der Waals surface area contributed by atoms with Crippen LogP contribution in [0.4, 0.5) is 0 Å². The third-order valence-electron chi connectivity index (χ3n) is 4.04. The van der Waals surface area contributed by atoms with Gasteiger partial charge < -0.3 is 10.4 Å². The first kappa shape index (κ1) is 14.1. The molecule has 1 atom stereocenters. The van der Waals surface area contributed by atoms with E-state index in [0.29, 0.717) is 6.54 Å². The third-order valence-corrected chi connectivity index (χ3v) is 4.04. The van der Waals surface area contributed by atoms with E-state index in [1.807, 2.05) is 6.92 Å². The number of aliphatic hydroxyl groups excluding tert-OH is 1. The van der Waals surface area contributed by atoms with Crippen LogP contribution in [0.25, 0.3) is 0 Å². The monoisotopic (exact) mass is 261 g/mol. The van der Waals surface area contributed by atoms with E-state index in [4.69, 9.17) is 0 Å². The molecule has 3 nitrogen and oxygen atoms in total. The molecule has 1 aromatic carbocycles. The standard InChI is InChI=1S/C16H23NO2/c1-12-3-5-14(6-4-12)9-13(2)15(19)17-10-16(11-18)7-8-16/h3-6,13,18H,7-11H2,1-2H3,(H,17,19). The summed E-state index contributed by atoms with van der Waals surface area (Å²) < 4.78 is 0. The molecule has 2 rings (SSSR count). The van der Waals surface area contributed by atoms with E-state index in [9.17, 15) is 9.90 Å². The van der Waals surface area contributed by atoms with Crippen molar-refractivity contribution in [3.63, 3.8) is 0 Å². The van der Waals surface area contributed by atoms with Gasteiger partial charge >= 0.3 is 0 Å². The van der Waals surface area contributed by atoms with Crippen molar-refractivity contribution in [2.24, 2.45) is 11.3 Å². The smallest absolute Gasteiger partial charge is 0.223 e. The second kappa shape index (κ2) is 5.74. The van der Waals surface area contributed by atoms with Gasteiger partial charge in [0.05, 0.1) is 6.61 Å². The van der Waals surface area contributed by atoms with Crippen molar-refractivity contribution in [1.82, 2.24) is 5.32 Å². The van der Waals surface area contributed by atoms with E-state index in [1.165, 1.54) is 11.1 Å². The Morgan fingerprint density at radius 3 is 2.53 bits per heavy atom. The lowest BCUT2D eigenvalue weighted by Gasteiger charge is -2.16. The van der Waals surface area contributed by atoms with Gasteiger partial charge in [-0.2, -0.15) is 0 Å². The predicted octanol–water partition coefficient (Wildman–Crippen LogP) is 2.06. The molecular formula is C16H23NO2. The molecule has 0 radical (unpaired) electrons. The first-order chi connectivity index (χ1) is 9.04. The van der Waals surface area contributed by atoms with Crippen molar-refractivity contribution in [2.45, 2.75) is 33.1 Å². The van der Waals surface area contributed by atoms with Gasteiger partial charge in [-0.05, 0) is 31.7 Å². The number of aliphatic hydroxyl groups is 1. The quantitative estimate of drug-likeness (QED) is 0.823. The van der Waals surface area contributed by atoms with Crippen LogP contribution in [0.1, 0.15) is 30.9 Å². The van der Waals surface area contributed by atoms with Crippen molar-refractivity contribution in [1.29, 1.82) is 0 Å². The molecule has 1 amide bonds. The van der Waals surface area contributed by atoms with Gasteiger partial charge in [0.1, 0.15) is 0 Å². The number of amides is 1. The lowest BCUT2D eigenvalue weighted by Crippen LogP contribution is -2.36. The molecule has 0 bridgehead atoms. The summed E-state index contributed by atoms with van der Waals surface area (Å²) in [6.45, 7) is 4.80. The molecule has 1 fully saturated rings. The molecule has 1 aliphatic carbocycles. The molecular weight excluding hydrogens is 238 g/mol. The summed E-state index contributed by atoms with van der Waals surface area (Å²) in [6.07, 6.45) is 2.81. The van der Waals surface area contributed by atoms with Crippen LogP contribution in [0.5, 0.6) is 0 Å². The molecule has 0 aliphatic heterocycles. The number of aryl methyl sites for hydroxylation is 1. The van der Waals surface area contributed by atoms with Crippen LogP contribution in [0, 0.1) is 18.3 Å². The van der Waals surface area contributed by atoms with E-state index < -0.39 is 0 Å². The zero-order valence-electron chi connectivity index (χ0n) is 11.8. The second-order valence-electron chi connectivity index (χ2n) is 5.97. The van der Waals surface area contributed by atoms with Crippen molar-refractivity contribution in [3.8, 4) is 0 Å². The lowest BCUT2D eigenvalue weighted by atomic mass is 9.99. The molecule has 104 valence electrons. The second-order valence-corrected chi connectivity index (χ2v) is 5.97. The predicted molar refractivity (Wildman–Crippen MR) is 75.8 cm³/mol. The van der Waals surface area contributed by atoms with Crippen LogP contribution in [-0.2, 0) is 11.2 Å². The van der Waals surface area contributed by atoms with Crippen molar-refractivity contribution in [3.05, 3.63) is 35.4 Å². The highest BCUT2D eigenvalue weighted by molar-refractivity contribution is 5.78. The normalized spacial score (nSPS) is 17.8. The number of carbonyl (C=O) groups excluding carboxylic acids is 1. The van der Waals surface area contributed by atoms with Gasteiger partial charge in [0.15, 0.2) is 0 Å². The Kier molecular flexibility index (Phi) is 4.25. The number of hydrogen-bond donors (Lipinski definition) is 2. The Balaban J connectivity index is 1.80.